The molecule has 1 aliphatic rings. The van der Waals surface area contributed by atoms with E-state index in [1.807, 2.05) is 18.2 Å². The van der Waals surface area contributed by atoms with Crippen molar-refractivity contribution in [2.45, 2.75) is 6.23 Å². The van der Waals surface area contributed by atoms with E-state index < -0.39 is 0 Å². The maximum Gasteiger partial charge on any atom is 0.213 e. The zero-order valence-electron chi connectivity index (χ0n) is 25.4. The molecule has 220 valence electrons. The molecule has 1 N–H and O–H groups in total. The van der Waals surface area contributed by atoms with Crippen LogP contribution in [0.25, 0.3) is 76.1 Å². The van der Waals surface area contributed by atoms with Crippen LogP contribution in [0.2, 0.25) is 0 Å². The number of ether oxygens (including phenoxy) is 1. The highest BCUT2D eigenvalue weighted by atomic mass is 16.5. The fourth-order valence-corrected chi connectivity index (χ4v) is 7.45. The minimum atomic E-state index is -0.319. The number of fused-ring (bicyclic) bond motifs is 10. The Morgan fingerprint density at radius 1 is 0.468 bits per heavy atom. The Bertz CT molecular complexity index is 2700. The monoisotopic (exact) mass is 600 g/mol. The van der Waals surface area contributed by atoms with Crippen molar-refractivity contribution in [1.29, 1.82) is 0 Å². The minimum Gasteiger partial charge on any atom is -0.462 e. The van der Waals surface area contributed by atoms with Crippen molar-refractivity contribution in [3.8, 4) is 28.0 Å². The average Bonchev–Trinajstić information content (AvgIpc) is 3.59. The first-order valence-electron chi connectivity index (χ1n) is 16.1. The topological polar surface area (TPSA) is 34.1 Å². The molecule has 1 unspecified atom stereocenters. The first kappa shape index (κ1) is 26.1. The fourth-order valence-electron chi connectivity index (χ4n) is 7.45. The van der Waals surface area contributed by atoms with Crippen molar-refractivity contribution in [2.24, 2.45) is 0 Å². The van der Waals surface area contributed by atoms with Crippen LogP contribution in [0.15, 0.2) is 158 Å². The summed E-state index contributed by atoms with van der Waals surface area (Å²) in [4.78, 5) is 4.54. The van der Waals surface area contributed by atoms with Gasteiger partial charge in [0.25, 0.3) is 0 Å². The van der Waals surface area contributed by atoms with Gasteiger partial charge >= 0.3 is 0 Å². The molecule has 2 heterocycles. The van der Waals surface area contributed by atoms with E-state index in [0.717, 1.165) is 27.9 Å². The summed E-state index contributed by atoms with van der Waals surface area (Å²) in [5.74, 6) is 0.879. The number of pyridine rings is 1. The van der Waals surface area contributed by atoms with E-state index in [9.17, 15) is 0 Å². The molecule has 3 heteroatoms. The third-order valence-corrected chi connectivity index (χ3v) is 9.71. The molecule has 0 saturated heterocycles. The SMILES string of the molecule is c1ccc(C2Nc3ccc4ccc5ccc(-c6cccc(-c7cc8c9ccccc9ccc8c8ccccc78)c6)cc5c4c3O2)nc1. The summed E-state index contributed by atoms with van der Waals surface area (Å²) in [7, 11) is 0. The molecule has 10 rings (SSSR count). The number of aromatic nitrogens is 1. The van der Waals surface area contributed by atoms with Crippen LogP contribution in [0, 0.1) is 0 Å². The number of hydrogen-bond donors (Lipinski definition) is 1. The van der Waals surface area contributed by atoms with Crippen molar-refractivity contribution in [2.75, 3.05) is 5.32 Å². The molecule has 1 atom stereocenters. The summed E-state index contributed by atoms with van der Waals surface area (Å²) in [5, 5.41) is 15.8. The van der Waals surface area contributed by atoms with Gasteiger partial charge in [0.15, 0.2) is 5.75 Å². The van der Waals surface area contributed by atoms with E-state index >= 15 is 0 Å². The van der Waals surface area contributed by atoms with E-state index in [-0.39, 0.29) is 6.23 Å². The molecule has 0 amide bonds. The summed E-state index contributed by atoms with van der Waals surface area (Å²) < 4.78 is 6.57. The van der Waals surface area contributed by atoms with Crippen LogP contribution >= 0.6 is 0 Å². The smallest absolute Gasteiger partial charge is 0.213 e. The lowest BCUT2D eigenvalue weighted by molar-refractivity contribution is 0.257. The van der Waals surface area contributed by atoms with Gasteiger partial charge in [0.05, 0.1) is 5.69 Å². The Morgan fingerprint density at radius 3 is 2.09 bits per heavy atom. The maximum atomic E-state index is 6.57. The quantitative estimate of drug-likeness (QED) is 0.205. The number of hydrogen-bond acceptors (Lipinski definition) is 3. The Balaban J connectivity index is 1.14. The molecule has 0 bridgehead atoms. The van der Waals surface area contributed by atoms with E-state index in [2.05, 4.69) is 144 Å². The van der Waals surface area contributed by atoms with Gasteiger partial charge in [-0.15, -0.1) is 0 Å². The predicted octanol–water partition coefficient (Wildman–Crippen LogP) is 11.7. The average molecular weight is 601 g/mol. The molecule has 47 heavy (non-hydrogen) atoms. The Kier molecular flexibility index (Phi) is 5.64. The molecule has 0 fully saturated rings. The Labute approximate surface area is 271 Å². The van der Waals surface area contributed by atoms with Gasteiger partial charge in [-0.1, -0.05) is 115 Å². The van der Waals surface area contributed by atoms with Crippen LogP contribution < -0.4 is 10.1 Å². The van der Waals surface area contributed by atoms with Gasteiger partial charge in [-0.05, 0) is 107 Å². The lowest BCUT2D eigenvalue weighted by Gasteiger charge is -2.14. The minimum absolute atomic E-state index is 0.319. The van der Waals surface area contributed by atoms with E-state index in [1.165, 1.54) is 65.3 Å². The second kappa shape index (κ2) is 10.2. The van der Waals surface area contributed by atoms with Gasteiger partial charge in [-0.2, -0.15) is 0 Å². The summed E-state index contributed by atoms with van der Waals surface area (Å²) in [6.07, 6.45) is 1.49. The lowest BCUT2D eigenvalue weighted by Crippen LogP contribution is -2.11. The summed E-state index contributed by atoms with van der Waals surface area (Å²) in [5.41, 5.74) is 6.66. The van der Waals surface area contributed by atoms with E-state index in [4.69, 9.17) is 4.74 Å². The van der Waals surface area contributed by atoms with Crippen LogP contribution in [-0.4, -0.2) is 4.98 Å². The number of rotatable bonds is 3. The summed E-state index contributed by atoms with van der Waals surface area (Å²) in [6.45, 7) is 0. The largest absolute Gasteiger partial charge is 0.462 e. The molecule has 1 aromatic heterocycles. The zero-order valence-corrected chi connectivity index (χ0v) is 25.4. The normalized spacial score (nSPS) is 14.1. The molecule has 9 aromatic rings. The number of benzene rings is 8. The molecule has 0 radical (unpaired) electrons. The van der Waals surface area contributed by atoms with Gasteiger partial charge in [0.2, 0.25) is 6.23 Å². The molecule has 1 aliphatic heterocycles. The summed E-state index contributed by atoms with van der Waals surface area (Å²) >= 11 is 0. The van der Waals surface area contributed by atoms with Gasteiger partial charge in [-0.3, -0.25) is 4.98 Å². The summed E-state index contributed by atoms with van der Waals surface area (Å²) in [6, 6.07) is 54.7. The first-order valence-corrected chi connectivity index (χ1v) is 16.1. The second-order valence-corrected chi connectivity index (χ2v) is 12.4. The van der Waals surface area contributed by atoms with Crippen molar-refractivity contribution in [3.63, 3.8) is 0 Å². The van der Waals surface area contributed by atoms with Crippen molar-refractivity contribution >= 4 is 59.5 Å². The Morgan fingerprint density at radius 2 is 1.17 bits per heavy atom. The second-order valence-electron chi connectivity index (χ2n) is 12.4. The van der Waals surface area contributed by atoms with Crippen LogP contribution in [0.3, 0.4) is 0 Å². The van der Waals surface area contributed by atoms with Crippen LogP contribution in [0.5, 0.6) is 5.75 Å². The number of anilines is 1. The molecule has 3 nitrogen and oxygen atoms in total. The Hall–Kier alpha value is -6.19. The van der Waals surface area contributed by atoms with Gasteiger partial charge in [0.1, 0.15) is 5.69 Å². The van der Waals surface area contributed by atoms with Crippen molar-refractivity contribution in [1.82, 2.24) is 4.98 Å². The van der Waals surface area contributed by atoms with Crippen LogP contribution in [0.1, 0.15) is 11.9 Å². The van der Waals surface area contributed by atoms with Crippen molar-refractivity contribution in [3.05, 3.63) is 164 Å². The molecule has 0 aliphatic carbocycles. The van der Waals surface area contributed by atoms with Gasteiger partial charge < -0.3 is 10.1 Å². The van der Waals surface area contributed by atoms with Gasteiger partial charge in [0, 0.05) is 11.6 Å². The van der Waals surface area contributed by atoms with E-state index in [1.54, 1.807) is 6.20 Å². The third kappa shape index (κ3) is 4.10. The maximum absolute atomic E-state index is 6.57. The van der Waals surface area contributed by atoms with Crippen LogP contribution in [-0.2, 0) is 0 Å². The van der Waals surface area contributed by atoms with Crippen molar-refractivity contribution < 1.29 is 4.74 Å². The third-order valence-electron chi connectivity index (χ3n) is 9.71. The first-order chi connectivity index (χ1) is 23.3. The lowest BCUT2D eigenvalue weighted by atomic mass is 9.89. The zero-order chi connectivity index (χ0) is 30.9. The molecule has 8 aromatic carbocycles. The molecular weight excluding hydrogens is 572 g/mol. The van der Waals surface area contributed by atoms with Crippen LogP contribution in [0.4, 0.5) is 5.69 Å². The number of nitrogens with zero attached hydrogens (tertiary/aromatic N) is 1. The standard InChI is InChI=1S/C44H28N2O/c1-2-11-33-27(8-1)19-21-36-34-12-3-4-13-35(34)37(26-39(33)36)32-10-7-9-30(24-32)31-18-16-28-15-17-29-20-22-40-43(42(29)38(28)25-31)47-44(46-40)41-14-5-6-23-45-41/h1-26,44,46H. The van der Waals surface area contributed by atoms with E-state index in [0.29, 0.717) is 0 Å². The predicted molar refractivity (Wildman–Crippen MR) is 196 cm³/mol. The molecular formula is C44H28N2O. The highest BCUT2D eigenvalue weighted by Crippen LogP contribution is 2.46. The molecule has 0 saturated carbocycles. The fraction of sp³-hybridized carbons (Fsp3) is 0.0227. The number of nitrogens with one attached hydrogen (secondary N) is 1. The highest BCUT2D eigenvalue weighted by Gasteiger charge is 2.27. The van der Waals surface area contributed by atoms with Gasteiger partial charge in [-0.25, -0.2) is 0 Å². The molecule has 0 spiro atoms. The highest BCUT2D eigenvalue weighted by molar-refractivity contribution is 6.21.